The molecule has 0 saturated heterocycles. The summed E-state index contributed by atoms with van der Waals surface area (Å²) in [5.74, 6) is 0. The lowest BCUT2D eigenvalue weighted by molar-refractivity contribution is 0.461. The van der Waals surface area contributed by atoms with E-state index in [1.165, 1.54) is 31.2 Å². The van der Waals surface area contributed by atoms with Crippen LogP contribution in [-0.2, 0) is 13.5 Å². The van der Waals surface area contributed by atoms with Crippen molar-refractivity contribution in [3.8, 4) is 0 Å². The summed E-state index contributed by atoms with van der Waals surface area (Å²) in [4.78, 5) is 0. The topological polar surface area (TPSA) is 29.9 Å². The summed E-state index contributed by atoms with van der Waals surface area (Å²) in [7, 11) is 1.90. The lowest BCUT2D eigenvalue weighted by Gasteiger charge is -2.18. The molecule has 1 atom stereocenters. The van der Waals surface area contributed by atoms with E-state index in [9.17, 15) is 0 Å². The molecule has 1 rings (SSSR count). The van der Waals surface area contributed by atoms with Crippen LogP contribution in [0.25, 0.3) is 0 Å². The first-order chi connectivity index (χ1) is 8.60. The Bertz CT molecular complexity index is 352. The van der Waals surface area contributed by atoms with Crippen LogP contribution >= 0.6 is 11.6 Å². The second-order valence-electron chi connectivity index (χ2n) is 4.98. The van der Waals surface area contributed by atoms with Crippen molar-refractivity contribution < 1.29 is 0 Å². The van der Waals surface area contributed by atoms with Crippen LogP contribution in [-0.4, -0.2) is 22.4 Å². The van der Waals surface area contributed by atoms with E-state index < -0.39 is 0 Å². The van der Waals surface area contributed by atoms with Gasteiger partial charge in [-0.25, -0.2) is 0 Å². The van der Waals surface area contributed by atoms with Crippen molar-refractivity contribution in [1.82, 2.24) is 15.1 Å². The SMILES string of the molecule is CCCCC(Cc1c(C)nn(C)c1Cl)NCCC. The molecule has 0 saturated carbocycles. The van der Waals surface area contributed by atoms with Gasteiger partial charge in [-0.15, -0.1) is 0 Å². The molecule has 0 fully saturated rings. The molecule has 1 heterocycles. The fraction of sp³-hybridized carbons (Fsp3) is 0.786. The molecule has 0 spiro atoms. The lowest BCUT2D eigenvalue weighted by Crippen LogP contribution is -2.32. The van der Waals surface area contributed by atoms with Gasteiger partial charge in [0.1, 0.15) is 5.15 Å². The summed E-state index contributed by atoms with van der Waals surface area (Å²) in [5, 5.41) is 8.79. The highest BCUT2D eigenvalue weighted by molar-refractivity contribution is 6.30. The lowest BCUT2D eigenvalue weighted by atomic mass is 10.0. The van der Waals surface area contributed by atoms with E-state index >= 15 is 0 Å². The number of nitrogens with zero attached hydrogens (tertiary/aromatic N) is 2. The zero-order valence-electron chi connectivity index (χ0n) is 12.1. The Morgan fingerprint density at radius 3 is 2.56 bits per heavy atom. The Hall–Kier alpha value is -0.540. The molecule has 0 radical (unpaired) electrons. The van der Waals surface area contributed by atoms with Crippen LogP contribution in [0.2, 0.25) is 5.15 Å². The smallest absolute Gasteiger partial charge is 0.130 e. The number of halogens is 1. The molecular weight excluding hydrogens is 246 g/mol. The van der Waals surface area contributed by atoms with E-state index in [0.29, 0.717) is 6.04 Å². The summed E-state index contributed by atoms with van der Waals surface area (Å²) in [6.07, 6.45) is 5.87. The molecule has 1 aromatic heterocycles. The summed E-state index contributed by atoms with van der Waals surface area (Å²) >= 11 is 6.30. The normalized spacial score (nSPS) is 12.9. The monoisotopic (exact) mass is 271 g/mol. The maximum Gasteiger partial charge on any atom is 0.130 e. The third-order valence-corrected chi connectivity index (χ3v) is 3.78. The maximum atomic E-state index is 6.30. The molecule has 18 heavy (non-hydrogen) atoms. The first-order valence-corrected chi connectivity index (χ1v) is 7.39. The predicted octanol–water partition coefficient (Wildman–Crippen LogP) is 3.48. The van der Waals surface area contributed by atoms with E-state index in [-0.39, 0.29) is 0 Å². The minimum Gasteiger partial charge on any atom is -0.314 e. The third-order valence-electron chi connectivity index (χ3n) is 3.31. The molecule has 104 valence electrons. The second kappa shape index (κ2) is 7.80. The van der Waals surface area contributed by atoms with Crippen molar-refractivity contribution in [2.75, 3.05) is 6.54 Å². The van der Waals surface area contributed by atoms with Crippen LogP contribution in [0.1, 0.15) is 50.8 Å². The van der Waals surface area contributed by atoms with Gasteiger partial charge >= 0.3 is 0 Å². The van der Waals surface area contributed by atoms with Crippen LogP contribution in [0.5, 0.6) is 0 Å². The van der Waals surface area contributed by atoms with Gasteiger partial charge in [0.2, 0.25) is 0 Å². The fourth-order valence-corrected chi connectivity index (χ4v) is 2.48. The van der Waals surface area contributed by atoms with Crippen molar-refractivity contribution in [1.29, 1.82) is 0 Å². The molecule has 4 heteroatoms. The van der Waals surface area contributed by atoms with E-state index in [2.05, 4.69) is 24.3 Å². The number of aryl methyl sites for hydroxylation is 2. The van der Waals surface area contributed by atoms with Crippen LogP contribution < -0.4 is 5.32 Å². The highest BCUT2D eigenvalue weighted by Gasteiger charge is 2.16. The number of rotatable bonds is 8. The molecule has 0 bridgehead atoms. The fourth-order valence-electron chi connectivity index (χ4n) is 2.23. The number of nitrogens with one attached hydrogen (secondary N) is 1. The molecular formula is C14H26ClN3. The first kappa shape index (κ1) is 15.5. The highest BCUT2D eigenvalue weighted by atomic mass is 35.5. The average Bonchev–Trinajstić information content (AvgIpc) is 2.58. The zero-order chi connectivity index (χ0) is 13.5. The molecule has 0 aliphatic rings. The largest absolute Gasteiger partial charge is 0.314 e. The quantitative estimate of drug-likeness (QED) is 0.784. The third kappa shape index (κ3) is 4.29. The van der Waals surface area contributed by atoms with Crippen LogP contribution in [0.15, 0.2) is 0 Å². The Kier molecular flexibility index (Phi) is 6.72. The maximum absolute atomic E-state index is 6.30. The number of hydrogen-bond acceptors (Lipinski definition) is 2. The van der Waals surface area contributed by atoms with Gasteiger partial charge in [-0.2, -0.15) is 5.10 Å². The first-order valence-electron chi connectivity index (χ1n) is 7.01. The van der Waals surface area contributed by atoms with E-state index in [1.807, 2.05) is 14.0 Å². The molecule has 1 N–H and O–H groups in total. The van der Waals surface area contributed by atoms with Crippen molar-refractivity contribution in [3.63, 3.8) is 0 Å². The molecule has 0 aliphatic carbocycles. The van der Waals surface area contributed by atoms with Crippen molar-refractivity contribution in [2.45, 2.75) is 58.9 Å². The minimum atomic E-state index is 0.519. The summed E-state index contributed by atoms with van der Waals surface area (Å²) in [6, 6.07) is 0.519. The van der Waals surface area contributed by atoms with E-state index in [1.54, 1.807) is 4.68 Å². The predicted molar refractivity (Wildman–Crippen MR) is 78.3 cm³/mol. The molecule has 0 aromatic carbocycles. The minimum absolute atomic E-state index is 0.519. The summed E-state index contributed by atoms with van der Waals surface area (Å²) in [6.45, 7) is 7.55. The molecule has 1 unspecified atom stereocenters. The number of aromatic nitrogens is 2. The Labute approximate surface area is 116 Å². The summed E-state index contributed by atoms with van der Waals surface area (Å²) < 4.78 is 1.77. The van der Waals surface area contributed by atoms with Gasteiger partial charge in [-0.1, -0.05) is 38.3 Å². The van der Waals surface area contributed by atoms with Gasteiger partial charge in [0, 0.05) is 18.7 Å². The van der Waals surface area contributed by atoms with Crippen LogP contribution in [0.4, 0.5) is 0 Å². The Morgan fingerprint density at radius 1 is 1.33 bits per heavy atom. The van der Waals surface area contributed by atoms with Gasteiger partial charge in [-0.05, 0) is 32.7 Å². The second-order valence-corrected chi connectivity index (χ2v) is 5.33. The zero-order valence-corrected chi connectivity index (χ0v) is 12.8. The Morgan fingerprint density at radius 2 is 2.06 bits per heavy atom. The highest BCUT2D eigenvalue weighted by Crippen LogP contribution is 2.21. The van der Waals surface area contributed by atoms with Gasteiger partial charge in [-0.3, -0.25) is 4.68 Å². The van der Waals surface area contributed by atoms with E-state index in [0.717, 1.165) is 23.8 Å². The standard InChI is InChI=1S/C14H26ClN3/c1-5-7-8-12(16-9-6-2)10-13-11(3)17-18(4)14(13)15/h12,16H,5-10H2,1-4H3. The van der Waals surface area contributed by atoms with Crippen molar-refractivity contribution in [2.24, 2.45) is 7.05 Å². The molecule has 0 amide bonds. The molecule has 3 nitrogen and oxygen atoms in total. The molecule has 0 aliphatic heterocycles. The van der Waals surface area contributed by atoms with Crippen LogP contribution in [0.3, 0.4) is 0 Å². The van der Waals surface area contributed by atoms with Crippen molar-refractivity contribution >= 4 is 11.6 Å². The van der Waals surface area contributed by atoms with Gasteiger partial charge < -0.3 is 5.32 Å². The van der Waals surface area contributed by atoms with Crippen molar-refractivity contribution in [3.05, 3.63) is 16.4 Å². The number of hydrogen-bond donors (Lipinski definition) is 1. The molecule has 1 aromatic rings. The average molecular weight is 272 g/mol. The van der Waals surface area contributed by atoms with E-state index in [4.69, 9.17) is 11.6 Å². The van der Waals surface area contributed by atoms with Gasteiger partial charge in [0.25, 0.3) is 0 Å². The Balaban J connectivity index is 2.68. The summed E-state index contributed by atoms with van der Waals surface area (Å²) in [5.41, 5.74) is 2.26. The van der Waals surface area contributed by atoms with Gasteiger partial charge in [0.15, 0.2) is 0 Å². The van der Waals surface area contributed by atoms with Gasteiger partial charge in [0.05, 0.1) is 5.69 Å². The number of unbranched alkanes of at least 4 members (excludes halogenated alkanes) is 1. The van der Waals surface area contributed by atoms with Crippen LogP contribution in [0, 0.1) is 6.92 Å².